The summed E-state index contributed by atoms with van der Waals surface area (Å²) >= 11 is 0. The molecule has 0 fully saturated rings. The lowest BCUT2D eigenvalue weighted by molar-refractivity contribution is 0.162. The molecule has 8 heteroatoms. The number of aromatic amines is 1. The molecule has 0 aliphatic rings. The van der Waals surface area contributed by atoms with Gasteiger partial charge in [-0.3, -0.25) is 0 Å². The van der Waals surface area contributed by atoms with E-state index in [9.17, 15) is 0 Å². The van der Waals surface area contributed by atoms with Gasteiger partial charge in [-0.1, -0.05) is 12.1 Å². The van der Waals surface area contributed by atoms with E-state index < -0.39 is 0 Å². The first-order chi connectivity index (χ1) is 8.83. The standard InChI is InChI=1S/C10H16N6O2/c1-3-11-7(6-17-2)4-9-13-10(15-18-9)8-5-12-16-14-8/h5,7,11H,3-4,6H2,1-2H3,(H,12,14,16). The topological polar surface area (TPSA) is 102 Å². The lowest BCUT2D eigenvalue weighted by Gasteiger charge is -2.14. The summed E-state index contributed by atoms with van der Waals surface area (Å²) in [6.07, 6.45) is 2.16. The molecule has 0 saturated carbocycles. The summed E-state index contributed by atoms with van der Waals surface area (Å²) in [6, 6.07) is 0.158. The molecule has 0 bridgehead atoms. The Balaban J connectivity index is 2.01. The van der Waals surface area contributed by atoms with Crippen LogP contribution in [0.2, 0.25) is 0 Å². The maximum Gasteiger partial charge on any atom is 0.228 e. The molecule has 2 N–H and O–H groups in total. The zero-order valence-electron chi connectivity index (χ0n) is 10.4. The van der Waals surface area contributed by atoms with Crippen molar-refractivity contribution in [2.24, 2.45) is 0 Å². The van der Waals surface area contributed by atoms with Crippen LogP contribution >= 0.6 is 0 Å². The highest BCUT2D eigenvalue weighted by Gasteiger charge is 2.15. The number of hydrogen-bond acceptors (Lipinski definition) is 7. The van der Waals surface area contributed by atoms with Gasteiger partial charge in [0.15, 0.2) is 5.69 Å². The van der Waals surface area contributed by atoms with Crippen molar-refractivity contribution in [1.82, 2.24) is 30.9 Å². The van der Waals surface area contributed by atoms with Crippen molar-refractivity contribution in [3.63, 3.8) is 0 Å². The molecule has 2 rings (SSSR count). The first-order valence-corrected chi connectivity index (χ1v) is 5.74. The number of likely N-dealkylation sites (N-methyl/N-ethyl adjacent to an activating group) is 1. The third kappa shape index (κ3) is 3.11. The number of nitrogens with one attached hydrogen (secondary N) is 2. The van der Waals surface area contributed by atoms with Crippen LogP contribution in [0.5, 0.6) is 0 Å². The largest absolute Gasteiger partial charge is 0.383 e. The molecule has 0 saturated heterocycles. The van der Waals surface area contributed by atoms with Crippen LogP contribution in [-0.4, -0.2) is 51.9 Å². The molecular weight excluding hydrogens is 236 g/mol. The van der Waals surface area contributed by atoms with Crippen LogP contribution in [0.4, 0.5) is 0 Å². The smallest absolute Gasteiger partial charge is 0.228 e. The Bertz CT molecular complexity index is 449. The van der Waals surface area contributed by atoms with Crippen LogP contribution < -0.4 is 5.32 Å². The maximum atomic E-state index is 5.17. The Morgan fingerprint density at radius 1 is 1.56 bits per heavy atom. The molecule has 0 aliphatic carbocycles. The van der Waals surface area contributed by atoms with E-state index in [0.29, 0.717) is 30.4 Å². The average Bonchev–Trinajstić information content (AvgIpc) is 2.98. The van der Waals surface area contributed by atoms with Crippen molar-refractivity contribution in [2.75, 3.05) is 20.3 Å². The molecule has 2 aromatic rings. The Hall–Kier alpha value is -1.80. The van der Waals surface area contributed by atoms with Gasteiger partial charge < -0.3 is 14.6 Å². The summed E-state index contributed by atoms with van der Waals surface area (Å²) in [6.45, 7) is 3.49. The zero-order valence-corrected chi connectivity index (χ0v) is 10.4. The van der Waals surface area contributed by atoms with Crippen molar-refractivity contribution >= 4 is 0 Å². The molecule has 0 radical (unpaired) electrons. The monoisotopic (exact) mass is 252 g/mol. The van der Waals surface area contributed by atoms with E-state index in [0.717, 1.165) is 6.54 Å². The van der Waals surface area contributed by atoms with Crippen molar-refractivity contribution < 1.29 is 9.26 Å². The van der Waals surface area contributed by atoms with E-state index in [-0.39, 0.29) is 6.04 Å². The molecule has 98 valence electrons. The second-order valence-electron chi connectivity index (χ2n) is 3.78. The quantitative estimate of drug-likeness (QED) is 0.716. The third-order valence-corrected chi connectivity index (χ3v) is 2.39. The number of methoxy groups -OCH3 is 1. The third-order valence-electron chi connectivity index (χ3n) is 2.39. The van der Waals surface area contributed by atoms with Gasteiger partial charge in [0, 0.05) is 19.6 Å². The van der Waals surface area contributed by atoms with E-state index in [2.05, 4.69) is 30.9 Å². The van der Waals surface area contributed by atoms with Crippen LogP contribution in [0.25, 0.3) is 11.5 Å². The molecule has 0 aliphatic heterocycles. The average molecular weight is 252 g/mol. The first-order valence-electron chi connectivity index (χ1n) is 5.74. The molecule has 0 amide bonds. The van der Waals surface area contributed by atoms with Crippen LogP contribution in [0.1, 0.15) is 12.8 Å². The van der Waals surface area contributed by atoms with Crippen molar-refractivity contribution in [3.05, 3.63) is 12.1 Å². The fourth-order valence-electron chi connectivity index (χ4n) is 1.64. The summed E-state index contributed by atoms with van der Waals surface area (Å²) in [4.78, 5) is 4.26. The van der Waals surface area contributed by atoms with Gasteiger partial charge in [0.25, 0.3) is 0 Å². The van der Waals surface area contributed by atoms with Gasteiger partial charge in [-0.25, -0.2) is 0 Å². The zero-order chi connectivity index (χ0) is 12.8. The van der Waals surface area contributed by atoms with Gasteiger partial charge in [-0.05, 0) is 6.54 Å². The summed E-state index contributed by atoms with van der Waals surface area (Å²) < 4.78 is 10.3. The van der Waals surface area contributed by atoms with Gasteiger partial charge in [-0.2, -0.15) is 20.4 Å². The molecule has 18 heavy (non-hydrogen) atoms. The van der Waals surface area contributed by atoms with Crippen LogP contribution in [-0.2, 0) is 11.2 Å². The normalized spacial score (nSPS) is 12.8. The highest BCUT2D eigenvalue weighted by Crippen LogP contribution is 2.11. The predicted octanol–water partition coefficient (Wildman–Crippen LogP) is 0.0217. The highest BCUT2D eigenvalue weighted by atomic mass is 16.5. The van der Waals surface area contributed by atoms with Crippen LogP contribution in [0.15, 0.2) is 10.7 Å². The van der Waals surface area contributed by atoms with Gasteiger partial charge in [0.1, 0.15) is 0 Å². The van der Waals surface area contributed by atoms with Crippen molar-refractivity contribution in [1.29, 1.82) is 0 Å². The Labute approximate surface area is 104 Å². The van der Waals surface area contributed by atoms with Gasteiger partial charge in [0.05, 0.1) is 12.8 Å². The summed E-state index contributed by atoms with van der Waals surface area (Å²) in [5.41, 5.74) is 0.566. The Morgan fingerprint density at radius 3 is 3.11 bits per heavy atom. The second-order valence-corrected chi connectivity index (χ2v) is 3.78. The fraction of sp³-hybridized carbons (Fsp3) is 0.600. The molecule has 2 heterocycles. The first kappa shape index (κ1) is 12.7. The van der Waals surface area contributed by atoms with Crippen LogP contribution in [0.3, 0.4) is 0 Å². The number of H-pyrrole nitrogens is 1. The Morgan fingerprint density at radius 2 is 2.44 bits per heavy atom. The number of ether oxygens (including phenoxy) is 1. The van der Waals surface area contributed by atoms with Crippen molar-refractivity contribution in [2.45, 2.75) is 19.4 Å². The minimum Gasteiger partial charge on any atom is -0.383 e. The van der Waals surface area contributed by atoms with E-state index in [1.165, 1.54) is 0 Å². The van der Waals surface area contributed by atoms with Crippen LogP contribution in [0, 0.1) is 0 Å². The van der Waals surface area contributed by atoms with E-state index in [4.69, 9.17) is 9.26 Å². The number of rotatable bonds is 7. The minimum atomic E-state index is 0.158. The SMILES string of the molecule is CCNC(COC)Cc1nc(-c2cn[nH]n2)no1. The van der Waals surface area contributed by atoms with E-state index in [1.807, 2.05) is 6.92 Å². The molecule has 1 unspecified atom stereocenters. The summed E-state index contributed by atoms with van der Waals surface area (Å²) in [5, 5.41) is 17.2. The van der Waals surface area contributed by atoms with E-state index >= 15 is 0 Å². The van der Waals surface area contributed by atoms with Gasteiger partial charge in [0.2, 0.25) is 11.7 Å². The molecule has 8 nitrogen and oxygen atoms in total. The summed E-state index contributed by atoms with van der Waals surface area (Å²) in [5.74, 6) is 0.988. The molecule has 1 atom stereocenters. The second kappa shape index (κ2) is 6.22. The summed E-state index contributed by atoms with van der Waals surface area (Å²) in [7, 11) is 1.67. The lowest BCUT2D eigenvalue weighted by Crippen LogP contribution is -2.35. The minimum absolute atomic E-state index is 0.158. The van der Waals surface area contributed by atoms with Crippen molar-refractivity contribution in [3.8, 4) is 11.5 Å². The lowest BCUT2D eigenvalue weighted by atomic mass is 10.2. The highest BCUT2D eigenvalue weighted by molar-refractivity contribution is 5.44. The maximum absolute atomic E-state index is 5.17. The number of hydrogen-bond donors (Lipinski definition) is 2. The Kier molecular flexibility index (Phi) is 4.37. The molecular formula is C10H16N6O2. The van der Waals surface area contributed by atoms with E-state index in [1.54, 1.807) is 13.3 Å². The van der Waals surface area contributed by atoms with Gasteiger partial charge >= 0.3 is 0 Å². The molecule has 2 aromatic heterocycles. The fourth-order valence-corrected chi connectivity index (χ4v) is 1.64. The number of aromatic nitrogens is 5. The predicted molar refractivity (Wildman–Crippen MR) is 62.7 cm³/mol. The molecule has 0 aromatic carbocycles. The van der Waals surface area contributed by atoms with Gasteiger partial charge in [-0.15, -0.1) is 0 Å². The number of nitrogens with zero attached hydrogens (tertiary/aromatic N) is 4. The molecule has 0 spiro atoms.